The predicted molar refractivity (Wildman–Crippen MR) is 71.0 cm³/mol. The molecule has 2 aliphatic rings. The van der Waals surface area contributed by atoms with Crippen LogP contribution in [0.15, 0.2) is 0 Å². The number of ether oxygens (including phenoxy) is 2. The van der Waals surface area contributed by atoms with Crippen LogP contribution in [0.2, 0.25) is 0 Å². The summed E-state index contributed by atoms with van der Waals surface area (Å²) in [4.78, 5) is 13.7. The molecule has 2 fully saturated rings. The van der Waals surface area contributed by atoms with Gasteiger partial charge in [0, 0.05) is 19.7 Å². The van der Waals surface area contributed by atoms with Crippen LogP contribution in [0.1, 0.15) is 46.5 Å². The van der Waals surface area contributed by atoms with Crippen LogP contribution in [-0.2, 0) is 9.47 Å². The lowest BCUT2D eigenvalue weighted by atomic mass is 9.82. The maximum absolute atomic E-state index is 12.0. The average Bonchev–Trinajstić information content (AvgIpc) is 2.32. The van der Waals surface area contributed by atoms with Gasteiger partial charge in [0.25, 0.3) is 0 Å². The summed E-state index contributed by atoms with van der Waals surface area (Å²) in [7, 11) is 0. The van der Waals surface area contributed by atoms with E-state index in [4.69, 9.17) is 9.47 Å². The second-order valence-corrected chi connectivity index (χ2v) is 6.54. The normalized spacial score (nSPS) is 27.4. The molecule has 0 aromatic rings. The third-order valence-electron chi connectivity index (χ3n) is 3.88. The maximum atomic E-state index is 12.0. The topological polar surface area (TPSA) is 59.0 Å². The number of piperidine rings is 1. The van der Waals surface area contributed by atoms with Crippen LogP contribution in [0.5, 0.6) is 0 Å². The van der Waals surface area contributed by atoms with Gasteiger partial charge < -0.3 is 19.5 Å². The summed E-state index contributed by atoms with van der Waals surface area (Å²) < 4.78 is 11.2. The standard InChI is InChI=1S/C14H25NO4/c1-13(2,3)19-12(17)15-8-6-14(7-9-15)11(16)5-4-10-18-14/h11,16H,4-10H2,1-3H3. The zero-order valence-corrected chi connectivity index (χ0v) is 12.1. The highest BCUT2D eigenvalue weighted by Gasteiger charge is 2.44. The lowest BCUT2D eigenvalue weighted by molar-refractivity contribution is -0.175. The zero-order valence-electron chi connectivity index (χ0n) is 12.1. The Hall–Kier alpha value is -0.810. The van der Waals surface area contributed by atoms with E-state index in [1.165, 1.54) is 0 Å². The number of hydrogen-bond acceptors (Lipinski definition) is 4. The third-order valence-corrected chi connectivity index (χ3v) is 3.88. The van der Waals surface area contributed by atoms with Gasteiger partial charge >= 0.3 is 6.09 Å². The van der Waals surface area contributed by atoms with Gasteiger partial charge in [0.1, 0.15) is 5.60 Å². The molecule has 0 aliphatic carbocycles. The van der Waals surface area contributed by atoms with Crippen LogP contribution in [0.3, 0.4) is 0 Å². The molecule has 0 aromatic heterocycles. The molecule has 2 heterocycles. The molecule has 0 saturated carbocycles. The van der Waals surface area contributed by atoms with Crippen molar-refractivity contribution < 1.29 is 19.4 Å². The second-order valence-electron chi connectivity index (χ2n) is 6.54. The maximum Gasteiger partial charge on any atom is 0.410 e. The van der Waals surface area contributed by atoms with Gasteiger partial charge in [-0.25, -0.2) is 4.79 Å². The lowest BCUT2D eigenvalue weighted by Crippen LogP contribution is -2.56. The van der Waals surface area contributed by atoms with Gasteiger partial charge in [-0.2, -0.15) is 0 Å². The Labute approximate surface area is 114 Å². The number of hydrogen-bond donors (Lipinski definition) is 1. The van der Waals surface area contributed by atoms with E-state index in [-0.39, 0.29) is 6.09 Å². The molecule has 2 saturated heterocycles. The fraction of sp³-hybridized carbons (Fsp3) is 0.929. The van der Waals surface area contributed by atoms with Crippen molar-refractivity contribution in [1.82, 2.24) is 4.90 Å². The van der Waals surface area contributed by atoms with E-state index in [2.05, 4.69) is 0 Å². The summed E-state index contributed by atoms with van der Waals surface area (Å²) in [6.45, 7) is 7.49. The van der Waals surface area contributed by atoms with Crippen LogP contribution in [-0.4, -0.2) is 53.1 Å². The van der Waals surface area contributed by atoms with Crippen molar-refractivity contribution in [2.45, 2.75) is 63.8 Å². The highest BCUT2D eigenvalue weighted by molar-refractivity contribution is 5.68. The molecule has 110 valence electrons. The van der Waals surface area contributed by atoms with E-state index >= 15 is 0 Å². The Bertz CT molecular complexity index is 329. The molecule has 1 spiro atoms. The molecular weight excluding hydrogens is 246 g/mol. The number of likely N-dealkylation sites (tertiary alicyclic amines) is 1. The fourth-order valence-corrected chi connectivity index (χ4v) is 2.78. The number of carbonyl (C=O) groups excluding carboxylic acids is 1. The number of aliphatic hydroxyl groups excluding tert-OH is 1. The molecular formula is C14H25NO4. The largest absolute Gasteiger partial charge is 0.444 e. The zero-order chi connectivity index (χ0) is 14.1. The molecule has 5 nitrogen and oxygen atoms in total. The van der Waals surface area contributed by atoms with E-state index in [0.717, 1.165) is 12.8 Å². The summed E-state index contributed by atoms with van der Waals surface area (Å²) >= 11 is 0. The van der Waals surface area contributed by atoms with E-state index in [0.29, 0.717) is 32.5 Å². The van der Waals surface area contributed by atoms with Crippen LogP contribution in [0.25, 0.3) is 0 Å². The van der Waals surface area contributed by atoms with Gasteiger partial charge in [-0.1, -0.05) is 0 Å². The first-order chi connectivity index (χ1) is 8.82. The third kappa shape index (κ3) is 3.39. The van der Waals surface area contributed by atoms with E-state index in [1.807, 2.05) is 20.8 Å². The van der Waals surface area contributed by atoms with Gasteiger partial charge in [0.05, 0.1) is 11.7 Å². The summed E-state index contributed by atoms with van der Waals surface area (Å²) in [5.74, 6) is 0. The number of carbonyl (C=O) groups is 1. The smallest absolute Gasteiger partial charge is 0.410 e. The Morgan fingerprint density at radius 3 is 2.53 bits per heavy atom. The number of rotatable bonds is 0. The number of aliphatic hydroxyl groups is 1. The first-order valence-electron chi connectivity index (χ1n) is 7.12. The number of nitrogens with zero attached hydrogens (tertiary/aromatic N) is 1. The summed E-state index contributed by atoms with van der Waals surface area (Å²) in [5.41, 5.74) is -0.899. The summed E-state index contributed by atoms with van der Waals surface area (Å²) in [6, 6.07) is 0. The van der Waals surface area contributed by atoms with Gasteiger partial charge in [-0.15, -0.1) is 0 Å². The molecule has 0 aromatic carbocycles. The number of amides is 1. The minimum atomic E-state index is -0.465. The molecule has 2 rings (SSSR count). The van der Waals surface area contributed by atoms with Crippen molar-refractivity contribution in [3.8, 4) is 0 Å². The molecule has 19 heavy (non-hydrogen) atoms. The first kappa shape index (κ1) is 14.6. The van der Waals surface area contributed by atoms with Crippen molar-refractivity contribution in [1.29, 1.82) is 0 Å². The van der Waals surface area contributed by atoms with Crippen molar-refractivity contribution >= 4 is 6.09 Å². The van der Waals surface area contributed by atoms with Gasteiger partial charge in [0.15, 0.2) is 0 Å². The lowest BCUT2D eigenvalue weighted by Gasteiger charge is -2.46. The molecule has 0 radical (unpaired) electrons. The van der Waals surface area contributed by atoms with E-state index in [1.54, 1.807) is 4.90 Å². The minimum absolute atomic E-state index is 0.271. The van der Waals surface area contributed by atoms with Crippen LogP contribution >= 0.6 is 0 Å². The highest BCUT2D eigenvalue weighted by Crippen LogP contribution is 2.35. The SMILES string of the molecule is CC(C)(C)OC(=O)N1CCC2(CC1)OCCCC2O. The monoisotopic (exact) mass is 271 g/mol. The van der Waals surface area contributed by atoms with Crippen LogP contribution < -0.4 is 0 Å². The van der Waals surface area contributed by atoms with Crippen molar-refractivity contribution in [2.75, 3.05) is 19.7 Å². The van der Waals surface area contributed by atoms with Gasteiger partial charge in [-0.05, 0) is 46.5 Å². The summed E-state index contributed by atoms with van der Waals surface area (Å²) in [6.07, 6.45) is 2.42. The molecule has 1 unspecified atom stereocenters. The van der Waals surface area contributed by atoms with Crippen molar-refractivity contribution in [3.63, 3.8) is 0 Å². The molecule has 2 aliphatic heterocycles. The van der Waals surface area contributed by atoms with E-state index in [9.17, 15) is 9.90 Å². The van der Waals surface area contributed by atoms with Gasteiger partial charge in [-0.3, -0.25) is 0 Å². The highest BCUT2D eigenvalue weighted by atomic mass is 16.6. The van der Waals surface area contributed by atoms with Gasteiger partial charge in [0.2, 0.25) is 0 Å². The second kappa shape index (κ2) is 5.29. The Kier molecular flexibility index (Phi) is 4.06. The quantitative estimate of drug-likeness (QED) is 0.731. The molecule has 1 atom stereocenters. The van der Waals surface area contributed by atoms with E-state index < -0.39 is 17.3 Å². The van der Waals surface area contributed by atoms with Crippen molar-refractivity contribution in [3.05, 3.63) is 0 Å². The predicted octanol–water partition coefficient (Wildman–Crippen LogP) is 1.93. The van der Waals surface area contributed by atoms with Crippen molar-refractivity contribution in [2.24, 2.45) is 0 Å². The van der Waals surface area contributed by atoms with Crippen LogP contribution in [0, 0.1) is 0 Å². The molecule has 5 heteroatoms. The molecule has 0 bridgehead atoms. The molecule has 1 amide bonds. The average molecular weight is 271 g/mol. The Balaban J connectivity index is 1.90. The Morgan fingerprint density at radius 2 is 2.00 bits per heavy atom. The fourth-order valence-electron chi connectivity index (χ4n) is 2.78. The Morgan fingerprint density at radius 1 is 1.37 bits per heavy atom. The minimum Gasteiger partial charge on any atom is -0.444 e. The first-order valence-corrected chi connectivity index (χ1v) is 7.12. The van der Waals surface area contributed by atoms with Crippen LogP contribution in [0.4, 0.5) is 4.79 Å². The molecule has 1 N–H and O–H groups in total. The summed E-state index contributed by atoms with van der Waals surface area (Å²) in [5, 5.41) is 10.1.